The molecule has 0 fully saturated rings. The molecule has 1 atom stereocenters. The number of carbonyl (C=O) groups is 2. The molecule has 236 valence electrons. The average molecular weight is 630 g/mol. The number of unbranched alkanes of at least 4 members (excludes halogenated alkanes) is 1. The zero-order valence-corrected chi connectivity index (χ0v) is 26.8. The van der Waals surface area contributed by atoms with Crippen LogP contribution in [0.3, 0.4) is 0 Å². The number of rotatable bonds is 14. The van der Waals surface area contributed by atoms with Crippen molar-refractivity contribution >= 4 is 27.5 Å². The van der Waals surface area contributed by atoms with Crippen LogP contribution in [0, 0.1) is 19.7 Å². The molecule has 0 bridgehead atoms. The Kier molecular flexibility index (Phi) is 11.5. The Morgan fingerprint density at radius 1 is 0.822 bits per heavy atom. The fourth-order valence-corrected chi connectivity index (χ4v) is 6.46. The number of amides is 2. The maximum Gasteiger partial charge on any atom is 0.264 e. The Bertz CT molecular complexity index is 1680. The van der Waals surface area contributed by atoms with Gasteiger partial charge in [0.05, 0.1) is 10.6 Å². The van der Waals surface area contributed by atoms with E-state index in [0.717, 1.165) is 51.5 Å². The Morgan fingerprint density at radius 3 is 2.13 bits per heavy atom. The third kappa shape index (κ3) is 9.01. The molecule has 4 aromatic carbocycles. The highest BCUT2D eigenvalue weighted by Gasteiger charge is 2.34. The van der Waals surface area contributed by atoms with Crippen molar-refractivity contribution in [3.63, 3.8) is 0 Å². The van der Waals surface area contributed by atoms with Crippen molar-refractivity contribution in [1.82, 2.24) is 10.2 Å². The molecule has 4 aromatic rings. The Morgan fingerprint density at radius 2 is 1.49 bits per heavy atom. The molecule has 9 heteroatoms. The van der Waals surface area contributed by atoms with Crippen LogP contribution in [0.1, 0.15) is 42.0 Å². The van der Waals surface area contributed by atoms with Crippen molar-refractivity contribution in [1.29, 1.82) is 0 Å². The van der Waals surface area contributed by atoms with Gasteiger partial charge in [-0.05, 0) is 67.8 Å². The van der Waals surface area contributed by atoms with E-state index in [9.17, 15) is 22.4 Å². The molecule has 45 heavy (non-hydrogen) atoms. The third-order valence-corrected chi connectivity index (χ3v) is 9.33. The van der Waals surface area contributed by atoms with E-state index >= 15 is 0 Å². The summed E-state index contributed by atoms with van der Waals surface area (Å²) >= 11 is 0. The number of halogens is 1. The number of nitrogens with one attached hydrogen (secondary N) is 1. The predicted octanol–water partition coefficient (Wildman–Crippen LogP) is 6.19. The SMILES string of the molecule is CCCCNC(=O)[C@@H](Cc1ccccc1)N(Cc1cccc(C)c1)C(=O)CN(c1ccc(C)cc1)S(=O)(=O)c1ccc(F)cc1. The molecule has 0 saturated carbocycles. The van der Waals surface area contributed by atoms with Crippen LogP contribution in [-0.4, -0.2) is 44.3 Å². The molecule has 0 unspecified atom stereocenters. The van der Waals surface area contributed by atoms with Gasteiger partial charge in [0, 0.05) is 19.5 Å². The molecule has 0 aromatic heterocycles. The summed E-state index contributed by atoms with van der Waals surface area (Å²) in [6.45, 7) is 5.84. The fourth-order valence-electron chi connectivity index (χ4n) is 5.04. The second-order valence-electron chi connectivity index (χ2n) is 11.2. The van der Waals surface area contributed by atoms with Crippen LogP contribution >= 0.6 is 0 Å². The lowest BCUT2D eigenvalue weighted by molar-refractivity contribution is -0.140. The van der Waals surface area contributed by atoms with Crippen LogP contribution < -0.4 is 9.62 Å². The lowest BCUT2D eigenvalue weighted by Crippen LogP contribution is -2.53. The van der Waals surface area contributed by atoms with Gasteiger partial charge >= 0.3 is 0 Å². The van der Waals surface area contributed by atoms with Gasteiger partial charge in [-0.1, -0.05) is 91.2 Å². The molecule has 1 N–H and O–H groups in total. The zero-order chi connectivity index (χ0) is 32.4. The van der Waals surface area contributed by atoms with E-state index in [0.29, 0.717) is 6.54 Å². The molecule has 0 saturated heterocycles. The van der Waals surface area contributed by atoms with Crippen LogP contribution in [0.15, 0.2) is 108 Å². The van der Waals surface area contributed by atoms with E-state index in [1.807, 2.05) is 75.4 Å². The van der Waals surface area contributed by atoms with Crippen LogP contribution in [0.25, 0.3) is 0 Å². The largest absolute Gasteiger partial charge is 0.354 e. The maximum atomic E-state index is 14.5. The highest BCUT2D eigenvalue weighted by Crippen LogP contribution is 2.26. The van der Waals surface area contributed by atoms with Crippen molar-refractivity contribution in [2.24, 2.45) is 0 Å². The Balaban J connectivity index is 1.78. The van der Waals surface area contributed by atoms with E-state index in [1.54, 1.807) is 24.3 Å². The molecule has 0 radical (unpaired) electrons. The number of anilines is 1. The van der Waals surface area contributed by atoms with Gasteiger partial charge in [0.25, 0.3) is 10.0 Å². The van der Waals surface area contributed by atoms with E-state index in [2.05, 4.69) is 5.32 Å². The summed E-state index contributed by atoms with van der Waals surface area (Å²) in [4.78, 5) is 29.6. The Hall–Kier alpha value is -4.50. The predicted molar refractivity (Wildman–Crippen MR) is 176 cm³/mol. The molecule has 0 heterocycles. The fraction of sp³-hybridized carbons (Fsp3) is 0.278. The number of hydrogen-bond acceptors (Lipinski definition) is 4. The van der Waals surface area contributed by atoms with Gasteiger partial charge < -0.3 is 10.2 Å². The summed E-state index contributed by atoms with van der Waals surface area (Å²) in [6.07, 6.45) is 1.92. The summed E-state index contributed by atoms with van der Waals surface area (Å²) < 4.78 is 42.8. The number of carbonyl (C=O) groups excluding carboxylic acids is 2. The molecule has 4 rings (SSSR count). The van der Waals surface area contributed by atoms with E-state index < -0.39 is 34.3 Å². The van der Waals surface area contributed by atoms with Crippen LogP contribution in [0.4, 0.5) is 10.1 Å². The zero-order valence-electron chi connectivity index (χ0n) is 25.9. The average Bonchev–Trinajstić information content (AvgIpc) is 3.02. The Labute approximate surface area is 265 Å². The normalized spacial score (nSPS) is 11.9. The summed E-state index contributed by atoms with van der Waals surface area (Å²) in [7, 11) is -4.30. The third-order valence-electron chi connectivity index (χ3n) is 7.54. The van der Waals surface area contributed by atoms with Gasteiger partial charge in [-0.2, -0.15) is 0 Å². The highest BCUT2D eigenvalue weighted by atomic mass is 32.2. The molecule has 0 spiro atoms. The number of sulfonamides is 1. The summed E-state index contributed by atoms with van der Waals surface area (Å²) in [5.41, 5.74) is 3.86. The molecule has 0 aliphatic carbocycles. The van der Waals surface area contributed by atoms with Gasteiger partial charge in [-0.3, -0.25) is 13.9 Å². The minimum absolute atomic E-state index is 0.0948. The van der Waals surface area contributed by atoms with Crippen molar-refractivity contribution in [3.05, 3.63) is 131 Å². The summed E-state index contributed by atoms with van der Waals surface area (Å²) in [6, 6.07) is 27.5. The molecule has 0 aliphatic heterocycles. The van der Waals surface area contributed by atoms with Gasteiger partial charge in [-0.15, -0.1) is 0 Å². The summed E-state index contributed by atoms with van der Waals surface area (Å²) in [5.74, 6) is -1.43. The molecule has 0 aliphatic rings. The molecule has 7 nitrogen and oxygen atoms in total. The van der Waals surface area contributed by atoms with E-state index in [-0.39, 0.29) is 29.5 Å². The van der Waals surface area contributed by atoms with Crippen LogP contribution in [-0.2, 0) is 32.6 Å². The van der Waals surface area contributed by atoms with Gasteiger partial charge in [0.2, 0.25) is 11.8 Å². The first-order chi connectivity index (χ1) is 21.6. The van der Waals surface area contributed by atoms with Gasteiger partial charge in [0.15, 0.2) is 0 Å². The van der Waals surface area contributed by atoms with Gasteiger partial charge in [-0.25, -0.2) is 12.8 Å². The quantitative estimate of drug-likeness (QED) is 0.169. The second-order valence-corrected chi connectivity index (χ2v) is 13.0. The second kappa shape index (κ2) is 15.5. The topological polar surface area (TPSA) is 86.8 Å². The van der Waals surface area contributed by atoms with Gasteiger partial charge in [0.1, 0.15) is 18.4 Å². The van der Waals surface area contributed by atoms with E-state index in [1.165, 1.54) is 17.0 Å². The standard InChI is InChI=1S/C36H40FN3O4S/c1-4-5-22-38-36(42)34(24-29-11-7-6-8-12-29)39(25-30-13-9-10-28(3)23-30)35(41)26-40(32-18-14-27(2)15-19-32)45(43,44)33-20-16-31(37)17-21-33/h6-21,23,34H,4-5,22,24-26H2,1-3H3,(H,38,42)/t34-/m1/s1. The number of aryl methyl sites for hydroxylation is 2. The van der Waals surface area contributed by atoms with Crippen molar-refractivity contribution in [3.8, 4) is 0 Å². The van der Waals surface area contributed by atoms with Crippen LogP contribution in [0.5, 0.6) is 0 Å². The van der Waals surface area contributed by atoms with Crippen molar-refractivity contribution in [2.45, 2.75) is 57.5 Å². The molecule has 2 amide bonds. The maximum absolute atomic E-state index is 14.5. The lowest BCUT2D eigenvalue weighted by Gasteiger charge is -2.34. The first-order valence-corrected chi connectivity index (χ1v) is 16.5. The van der Waals surface area contributed by atoms with Crippen LogP contribution in [0.2, 0.25) is 0 Å². The number of nitrogens with zero attached hydrogens (tertiary/aromatic N) is 2. The minimum Gasteiger partial charge on any atom is -0.354 e. The summed E-state index contributed by atoms with van der Waals surface area (Å²) in [5, 5.41) is 2.99. The number of hydrogen-bond donors (Lipinski definition) is 1. The first kappa shape index (κ1) is 33.4. The monoisotopic (exact) mass is 629 g/mol. The minimum atomic E-state index is -4.30. The lowest BCUT2D eigenvalue weighted by atomic mass is 10.0. The van der Waals surface area contributed by atoms with Crippen molar-refractivity contribution in [2.75, 3.05) is 17.4 Å². The highest BCUT2D eigenvalue weighted by molar-refractivity contribution is 7.92. The first-order valence-electron chi connectivity index (χ1n) is 15.1. The number of benzene rings is 4. The smallest absolute Gasteiger partial charge is 0.264 e. The molecular formula is C36H40FN3O4S. The van der Waals surface area contributed by atoms with Crippen molar-refractivity contribution < 1.29 is 22.4 Å². The molecular weight excluding hydrogens is 589 g/mol. The van der Waals surface area contributed by atoms with E-state index in [4.69, 9.17) is 0 Å².